The van der Waals surface area contributed by atoms with Crippen LogP contribution in [-0.4, -0.2) is 34.5 Å². The molecule has 0 saturated heterocycles. The van der Waals surface area contributed by atoms with Gasteiger partial charge in [0, 0.05) is 12.2 Å². The van der Waals surface area contributed by atoms with E-state index in [0.29, 0.717) is 30.5 Å². The van der Waals surface area contributed by atoms with Gasteiger partial charge in [-0.05, 0) is 18.6 Å². The second-order valence-electron chi connectivity index (χ2n) is 4.10. The van der Waals surface area contributed by atoms with Crippen LogP contribution in [-0.2, 0) is 4.74 Å². The molecule has 0 bridgehead atoms. The zero-order valence-corrected chi connectivity index (χ0v) is 12.1. The van der Waals surface area contributed by atoms with Crippen molar-refractivity contribution in [2.24, 2.45) is 5.73 Å². The number of methoxy groups -OCH3 is 3. The van der Waals surface area contributed by atoms with Gasteiger partial charge in [0.15, 0.2) is 11.5 Å². The van der Waals surface area contributed by atoms with Crippen LogP contribution in [0.3, 0.4) is 0 Å². The first kappa shape index (κ1) is 15.6. The Balaban J connectivity index is 2.99. The average Bonchev–Trinajstić information content (AvgIpc) is 2.45. The third-order valence-electron chi connectivity index (χ3n) is 2.78. The van der Waals surface area contributed by atoms with Crippen LogP contribution in [0.5, 0.6) is 17.2 Å². The second-order valence-corrected chi connectivity index (χ2v) is 4.10. The van der Waals surface area contributed by atoms with Crippen LogP contribution in [0.25, 0.3) is 0 Å². The van der Waals surface area contributed by atoms with Crippen molar-refractivity contribution in [3.8, 4) is 17.2 Å². The van der Waals surface area contributed by atoms with E-state index >= 15 is 0 Å². The third-order valence-corrected chi connectivity index (χ3v) is 2.78. The summed E-state index contributed by atoms with van der Waals surface area (Å²) in [5.41, 5.74) is 6.97. The average molecular weight is 269 g/mol. The number of ether oxygens (including phenoxy) is 4. The highest BCUT2D eigenvalue weighted by Gasteiger charge is 2.19. The SMILES string of the molecule is CCCOCC(N)c1ccc(OC)c(OC)c1OC. The lowest BCUT2D eigenvalue weighted by Crippen LogP contribution is -2.18. The Hall–Kier alpha value is -1.46. The van der Waals surface area contributed by atoms with Gasteiger partial charge < -0.3 is 24.7 Å². The minimum absolute atomic E-state index is 0.263. The Bertz CT molecular complexity index is 395. The summed E-state index contributed by atoms with van der Waals surface area (Å²) in [6.45, 7) is 3.20. The fourth-order valence-corrected chi connectivity index (χ4v) is 1.86. The summed E-state index contributed by atoms with van der Waals surface area (Å²) in [6.07, 6.45) is 0.968. The van der Waals surface area contributed by atoms with Crippen LogP contribution in [0.2, 0.25) is 0 Å². The molecule has 0 aromatic heterocycles. The van der Waals surface area contributed by atoms with E-state index in [0.717, 1.165) is 12.0 Å². The third kappa shape index (κ3) is 3.75. The Morgan fingerprint density at radius 1 is 1.05 bits per heavy atom. The molecule has 1 rings (SSSR count). The maximum absolute atomic E-state index is 6.13. The molecule has 5 nitrogen and oxygen atoms in total. The van der Waals surface area contributed by atoms with Gasteiger partial charge in [0.2, 0.25) is 5.75 Å². The summed E-state index contributed by atoms with van der Waals surface area (Å²) in [6, 6.07) is 3.43. The first-order chi connectivity index (χ1) is 9.19. The molecule has 1 aromatic rings. The highest BCUT2D eigenvalue weighted by Crippen LogP contribution is 2.41. The monoisotopic (exact) mass is 269 g/mol. The topological polar surface area (TPSA) is 62.9 Å². The van der Waals surface area contributed by atoms with Crippen LogP contribution in [0.15, 0.2) is 12.1 Å². The van der Waals surface area contributed by atoms with Crippen molar-refractivity contribution in [2.45, 2.75) is 19.4 Å². The number of hydrogen-bond donors (Lipinski definition) is 1. The highest BCUT2D eigenvalue weighted by molar-refractivity contribution is 5.56. The molecule has 0 amide bonds. The minimum atomic E-state index is -0.263. The van der Waals surface area contributed by atoms with Crippen LogP contribution < -0.4 is 19.9 Å². The Kier molecular flexibility index (Phi) is 6.45. The van der Waals surface area contributed by atoms with Gasteiger partial charge in [0.25, 0.3) is 0 Å². The van der Waals surface area contributed by atoms with E-state index in [2.05, 4.69) is 6.92 Å². The van der Waals surface area contributed by atoms with Gasteiger partial charge >= 0.3 is 0 Å². The Morgan fingerprint density at radius 3 is 2.26 bits per heavy atom. The van der Waals surface area contributed by atoms with E-state index in [1.54, 1.807) is 21.3 Å². The number of rotatable bonds is 8. The molecule has 0 aliphatic rings. The molecule has 2 N–H and O–H groups in total. The van der Waals surface area contributed by atoms with Gasteiger partial charge in [0.05, 0.1) is 34.0 Å². The van der Waals surface area contributed by atoms with Crippen LogP contribution in [0.4, 0.5) is 0 Å². The second kappa shape index (κ2) is 7.86. The highest BCUT2D eigenvalue weighted by atomic mass is 16.5. The number of hydrogen-bond acceptors (Lipinski definition) is 5. The van der Waals surface area contributed by atoms with E-state index < -0.39 is 0 Å². The fourth-order valence-electron chi connectivity index (χ4n) is 1.86. The van der Waals surface area contributed by atoms with Crippen molar-refractivity contribution in [2.75, 3.05) is 34.5 Å². The predicted molar refractivity (Wildman–Crippen MR) is 74.1 cm³/mol. The molecular formula is C14H23NO4. The fraction of sp³-hybridized carbons (Fsp3) is 0.571. The van der Waals surface area contributed by atoms with E-state index in [-0.39, 0.29) is 6.04 Å². The van der Waals surface area contributed by atoms with Gasteiger partial charge in [-0.15, -0.1) is 0 Å². The van der Waals surface area contributed by atoms with Crippen LogP contribution >= 0.6 is 0 Å². The molecule has 0 spiro atoms. The number of nitrogens with two attached hydrogens (primary N) is 1. The smallest absolute Gasteiger partial charge is 0.203 e. The summed E-state index contributed by atoms with van der Waals surface area (Å²) in [4.78, 5) is 0. The van der Waals surface area contributed by atoms with Crippen molar-refractivity contribution < 1.29 is 18.9 Å². The van der Waals surface area contributed by atoms with Gasteiger partial charge in [-0.3, -0.25) is 0 Å². The van der Waals surface area contributed by atoms with Gasteiger partial charge in [-0.25, -0.2) is 0 Å². The normalized spacial score (nSPS) is 12.1. The van der Waals surface area contributed by atoms with Crippen LogP contribution in [0, 0.1) is 0 Å². The molecule has 5 heteroatoms. The lowest BCUT2D eigenvalue weighted by Gasteiger charge is -2.19. The van der Waals surface area contributed by atoms with E-state index in [9.17, 15) is 0 Å². The molecule has 0 saturated carbocycles. The first-order valence-corrected chi connectivity index (χ1v) is 6.31. The van der Waals surface area contributed by atoms with Gasteiger partial charge in [0.1, 0.15) is 0 Å². The summed E-state index contributed by atoms with van der Waals surface area (Å²) in [5.74, 6) is 1.76. The molecule has 19 heavy (non-hydrogen) atoms. The van der Waals surface area contributed by atoms with E-state index in [1.165, 1.54) is 0 Å². The molecule has 0 heterocycles. The Labute approximate surface area is 114 Å². The quantitative estimate of drug-likeness (QED) is 0.733. The molecule has 1 atom stereocenters. The van der Waals surface area contributed by atoms with Crippen molar-refractivity contribution >= 4 is 0 Å². The molecule has 0 aliphatic carbocycles. The van der Waals surface area contributed by atoms with Gasteiger partial charge in [-0.2, -0.15) is 0 Å². The molecule has 0 radical (unpaired) electrons. The van der Waals surface area contributed by atoms with Crippen molar-refractivity contribution in [3.05, 3.63) is 17.7 Å². The van der Waals surface area contributed by atoms with E-state index in [4.69, 9.17) is 24.7 Å². The minimum Gasteiger partial charge on any atom is -0.493 e. The molecule has 0 aliphatic heterocycles. The van der Waals surface area contributed by atoms with Gasteiger partial charge in [-0.1, -0.05) is 6.92 Å². The maximum Gasteiger partial charge on any atom is 0.203 e. The summed E-state index contributed by atoms with van der Waals surface area (Å²) >= 11 is 0. The van der Waals surface area contributed by atoms with Crippen LogP contribution in [0.1, 0.15) is 24.9 Å². The van der Waals surface area contributed by atoms with E-state index in [1.807, 2.05) is 12.1 Å². The molecular weight excluding hydrogens is 246 g/mol. The largest absolute Gasteiger partial charge is 0.493 e. The summed E-state index contributed by atoms with van der Waals surface area (Å²) in [5, 5.41) is 0. The standard InChI is InChI=1S/C14H23NO4/c1-5-8-19-9-11(15)10-6-7-12(16-2)14(18-4)13(10)17-3/h6-7,11H,5,8-9,15H2,1-4H3. The number of benzene rings is 1. The summed E-state index contributed by atoms with van der Waals surface area (Å²) < 4.78 is 21.4. The summed E-state index contributed by atoms with van der Waals surface area (Å²) in [7, 11) is 4.74. The molecule has 1 unspecified atom stereocenters. The molecule has 1 aromatic carbocycles. The van der Waals surface area contributed by atoms with Crippen molar-refractivity contribution in [1.82, 2.24) is 0 Å². The maximum atomic E-state index is 6.13. The predicted octanol–water partition coefficient (Wildman–Crippen LogP) is 2.14. The lowest BCUT2D eigenvalue weighted by atomic mass is 10.1. The van der Waals surface area contributed by atoms with Crippen molar-refractivity contribution in [1.29, 1.82) is 0 Å². The zero-order chi connectivity index (χ0) is 14.3. The first-order valence-electron chi connectivity index (χ1n) is 6.31. The van der Waals surface area contributed by atoms with Crippen molar-refractivity contribution in [3.63, 3.8) is 0 Å². The zero-order valence-electron chi connectivity index (χ0n) is 12.1. The Morgan fingerprint density at radius 2 is 1.74 bits per heavy atom. The molecule has 0 fully saturated rings. The molecule has 108 valence electrons. The lowest BCUT2D eigenvalue weighted by molar-refractivity contribution is 0.121.